The lowest BCUT2D eigenvalue weighted by atomic mass is 10.1. The molecule has 0 unspecified atom stereocenters. The fraction of sp³-hybridized carbons (Fsp3) is 0.667. The molecule has 0 aromatic carbocycles. The molecule has 0 atom stereocenters. The second kappa shape index (κ2) is 6.32. The smallest absolute Gasteiger partial charge is 0.252 e. The van der Waals surface area contributed by atoms with Crippen LogP contribution in [0.3, 0.4) is 0 Å². The van der Waals surface area contributed by atoms with Crippen LogP contribution < -0.4 is 5.73 Å². The van der Waals surface area contributed by atoms with Gasteiger partial charge in [-0.25, -0.2) is 8.42 Å². The van der Waals surface area contributed by atoms with Crippen LogP contribution in [0.5, 0.6) is 0 Å². The number of thiophene rings is 1. The second-order valence-electron chi connectivity index (χ2n) is 4.62. The molecular weight excluding hydrogens is 284 g/mol. The van der Waals surface area contributed by atoms with E-state index in [1.54, 1.807) is 13.1 Å². The molecule has 0 amide bonds. The van der Waals surface area contributed by atoms with Crippen molar-refractivity contribution in [2.24, 2.45) is 5.73 Å². The summed E-state index contributed by atoms with van der Waals surface area (Å²) >= 11 is 1.32. The van der Waals surface area contributed by atoms with Crippen LogP contribution in [-0.2, 0) is 21.2 Å². The van der Waals surface area contributed by atoms with Crippen molar-refractivity contribution in [2.75, 3.05) is 26.8 Å². The van der Waals surface area contributed by atoms with E-state index in [1.807, 2.05) is 6.07 Å². The minimum atomic E-state index is -3.38. The molecule has 19 heavy (non-hydrogen) atoms. The van der Waals surface area contributed by atoms with Gasteiger partial charge < -0.3 is 10.5 Å². The summed E-state index contributed by atoms with van der Waals surface area (Å²) in [6.45, 7) is 1.80. The summed E-state index contributed by atoms with van der Waals surface area (Å²) < 4.78 is 32.2. The molecule has 5 nitrogen and oxygen atoms in total. The zero-order chi connectivity index (χ0) is 13.9. The van der Waals surface area contributed by atoms with E-state index in [1.165, 1.54) is 15.6 Å². The zero-order valence-electron chi connectivity index (χ0n) is 11.0. The lowest BCUT2D eigenvalue weighted by molar-refractivity contribution is 0.0632. The standard InChI is InChI=1S/C12H20N2O3S2/c1-14(10-5-8-17-9-6-10)19(15,16)12-3-2-11(18-12)4-7-13/h2-3,10H,4-9,13H2,1H3. The molecule has 0 spiro atoms. The molecule has 0 saturated carbocycles. The van der Waals surface area contributed by atoms with E-state index < -0.39 is 10.0 Å². The van der Waals surface area contributed by atoms with Crippen molar-refractivity contribution in [3.63, 3.8) is 0 Å². The van der Waals surface area contributed by atoms with Gasteiger partial charge in [-0.1, -0.05) is 0 Å². The predicted octanol–water partition coefficient (Wildman–Crippen LogP) is 1.05. The lowest BCUT2D eigenvalue weighted by Crippen LogP contribution is -2.40. The number of nitrogens with zero attached hydrogens (tertiary/aromatic N) is 1. The largest absolute Gasteiger partial charge is 0.381 e. The van der Waals surface area contributed by atoms with Crippen molar-refractivity contribution in [1.82, 2.24) is 4.31 Å². The van der Waals surface area contributed by atoms with Crippen molar-refractivity contribution in [1.29, 1.82) is 0 Å². The van der Waals surface area contributed by atoms with E-state index in [0.29, 0.717) is 24.0 Å². The Morgan fingerprint density at radius 1 is 1.42 bits per heavy atom. The van der Waals surface area contributed by atoms with E-state index in [2.05, 4.69) is 0 Å². The average Bonchev–Trinajstić information content (AvgIpc) is 2.89. The van der Waals surface area contributed by atoms with Gasteiger partial charge in [0.2, 0.25) is 0 Å². The Morgan fingerprint density at radius 3 is 2.74 bits per heavy atom. The SMILES string of the molecule is CN(C1CCOCC1)S(=O)(=O)c1ccc(CCN)s1. The summed E-state index contributed by atoms with van der Waals surface area (Å²) in [7, 11) is -1.72. The first kappa shape index (κ1) is 14.9. The third-order valence-electron chi connectivity index (χ3n) is 3.37. The summed E-state index contributed by atoms with van der Waals surface area (Å²) in [5.74, 6) is 0. The summed E-state index contributed by atoms with van der Waals surface area (Å²) in [6, 6.07) is 3.57. The minimum absolute atomic E-state index is 0.0406. The number of rotatable bonds is 5. The Kier molecular flexibility index (Phi) is 4.97. The highest BCUT2D eigenvalue weighted by Gasteiger charge is 2.30. The molecule has 7 heteroatoms. The third-order valence-corrected chi connectivity index (χ3v) is 6.89. The topological polar surface area (TPSA) is 72.6 Å². The van der Waals surface area contributed by atoms with Crippen molar-refractivity contribution in [3.05, 3.63) is 17.0 Å². The monoisotopic (exact) mass is 304 g/mol. The molecule has 1 aromatic rings. The first-order chi connectivity index (χ1) is 9.05. The molecule has 2 N–H and O–H groups in total. The summed E-state index contributed by atoms with van der Waals surface area (Å²) in [5, 5.41) is 0. The van der Waals surface area contributed by atoms with Gasteiger partial charge in [0.25, 0.3) is 10.0 Å². The number of ether oxygens (including phenoxy) is 1. The normalized spacial score (nSPS) is 18.1. The fourth-order valence-electron chi connectivity index (χ4n) is 2.16. The van der Waals surface area contributed by atoms with Crippen molar-refractivity contribution in [3.8, 4) is 0 Å². The number of hydrogen-bond acceptors (Lipinski definition) is 5. The predicted molar refractivity (Wildman–Crippen MR) is 75.9 cm³/mol. The first-order valence-electron chi connectivity index (χ1n) is 6.40. The van der Waals surface area contributed by atoms with Gasteiger partial charge in [-0.3, -0.25) is 0 Å². The second-order valence-corrected chi connectivity index (χ2v) is 8.02. The van der Waals surface area contributed by atoms with Gasteiger partial charge in [0, 0.05) is 31.2 Å². The molecular formula is C12H20N2O3S2. The van der Waals surface area contributed by atoms with Crippen LogP contribution in [0.4, 0.5) is 0 Å². The van der Waals surface area contributed by atoms with E-state index >= 15 is 0 Å². The van der Waals surface area contributed by atoms with E-state index in [9.17, 15) is 8.42 Å². The maximum absolute atomic E-state index is 12.5. The van der Waals surface area contributed by atoms with Gasteiger partial charge in [-0.05, 0) is 37.9 Å². The Labute approximate surface area is 118 Å². The van der Waals surface area contributed by atoms with Gasteiger partial charge >= 0.3 is 0 Å². The van der Waals surface area contributed by atoms with Gasteiger partial charge in [0.1, 0.15) is 4.21 Å². The summed E-state index contributed by atoms with van der Waals surface area (Å²) in [4.78, 5) is 1.02. The van der Waals surface area contributed by atoms with Gasteiger partial charge in [0.05, 0.1) is 0 Å². The Morgan fingerprint density at radius 2 is 2.11 bits per heavy atom. The highest BCUT2D eigenvalue weighted by atomic mass is 32.2. The number of hydrogen-bond donors (Lipinski definition) is 1. The molecule has 108 valence electrons. The minimum Gasteiger partial charge on any atom is -0.381 e. The zero-order valence-corrected chi connectivity index (χ0v) is 12.7. The molecule has 1 aliphatic rings. The first-order valence-corrected chi connectivity index (χ1v) is 8.66. The van der Waals surface area contributed by atoms with Crippen LogP contribution in [-0.4, -0.2) is 45.6 Å². The lowest BCUT2D eigenvalue weighted by Gasteiger charge is -2.29. The van der Waals surface area contributed by atoms with Crippen LogP contribution >= 0.6 is 11.3 Å². The van der Waals surface area contributed by atoms with Crippen LogP contribution in [0, 0.1) is 0 Å². The van der Waals surface area contributed by atoms with Crippen molar-refractivity contribution >= 4 is 21.4 Å². The molecule has 0 radical (unpaired) electrons. The van der Waals surface area contributed by atoms with E-state index in [-0.39, 0.29) is 6.04 Å². The van der Waals surface area contributed by atoms with Crippen LogP contribution in [0.25, 0.3) is 0 Å². The molecule has 1 fully saturated rings. The van der Waals surface area contributed by atoms with E-state index in [4.69, 9.17) is 10.5 Å². The number of sulfonamides is 1. The van der Waals surface area contributed by atoms with Crippen molar-refractivity contribution < 1.29 is 13.2 Å². The van der Waals surface area contributed by atoms with Gasteiger partial charge in [-0.2, -0.15) is 4.31 Å². The average molecular weight is 304 g/mol. The van der Waals surface area contributed by atoms with Gasteiger partial charge in [0.15, 0.2) is 0 Å². The molecule has 1 aromatic heterocycles. The Hall–Kier alpha value is -0.470. The maximum atomic E-state index is 12.5. The molecule has 0 bridgehead atoms. The highest BCUT2D eigenvalue weighted by Crippen LogP contribution is 2.27. The van der Waals surface area contributed by atoms with Gasteiger partial charge in [-0.15, -0.1) is 11.3 Å². The Bertz CT molecular complexity index is 507. The molecule has 2 heterocycles. The van der Waals surface area contributed by atoms with Crippen molar-refractivity contribution in [2.45, 2.75) is 29.5 Å². The third kappa shape index (κ3) is 3.35. The highest BCUT2D eigenvalue weighted by molar-refractivity contribution is 7.91. The fourth-order valence-corrected chi connectivity index (χ4v) is 5.13. The van der Waals surface area contributed by atoms with Crippen LogP contribution in [0.2, 0.25) is 0 Å². The molecule has 1 saturated heterocycles. The quantitative estimate of drug-likeness (QED) is 0.882. The molecule has 1 aliphatic heterocycles. The van der Waals surface area contributed by atoms with Crippen LogP contribution in [0.1, 0.15) is 17.7 Å². The van der Waals surface area contributed by atoms with E-state index in [0.717, 1.165) is 24.1 Å². The number of nitrogens with two attached hydrogens (primary N) is 1. The molecule has 0 aliphatic carbocycles. The Balaban J connectivity index is 2.15. The molecule has 2 rings (SSSR count). The van der Waals surface area contributed by atoms with Crippen LogP contribution in [0.15, 0.2) is 16.3 Å². The summed E-state index contributed by atoms with van der Waals surface area (Å²) in [5.41, 5.74) is 5.49. The maximum Gasteiger partial charge on any atom is 0.252 e. The summed E-state index contributed by atoms with van der Waals surface area (Å²) in [6.07, 6.45) is 2.24.